The minimum Gasteiger partial charge on any atom is -0.492 e. The molecule has 0 spiro atoms. The van der Waals surface area contributed by atoms with E-state index in [1.807, 2.05) is 0 Å². The summed E-state index contributed by atoms with van der Waals surface area (Å²) in [6.45, 7) is 0.374. The standard InChI is InChI=1S/C10H13ClO4S/c11-9-5-1-2-6-10(9)15-7-3-4-8-16(12,13)14/h1-2,5-6H,3-4,7-8H2,(H,12,13,14). The first-order valence-corrected chi connectivity index (χ1v) is 6.80. The van der Waals surface area contributed by atoms with Crippen molar-refractivity contribution < 1.29 is 17.7 Å². The van der Waals surface area contributed by atoms with Gasteiger partial charge in [0.15, 0.2) is 0 Å². The third-order valence-corrected chi connectivity index (χ3v) is 3.01. The molecule has 6 heteroatoms. The molecule has 0 saturated carbocycles. The Kier molecular flexibility index (Phi) is 5.05. The molecule has 0 heterocycles. The number of para-hydroxylation sites is 1. The van der Waals surface area contributed by atoms with Crippen molar-refractivity contribution >= 4 is 21.7 Å². The molecule has 0 saturated heterocycles. The second-order valence-corrected chi connectivity index (χ2v) is 5.25. The lowest BCUT2D eigenvalue weighted by atomic mass is 10.3. The van der Waals surface area contributed by atoms with Crippen LogP contribution in [0.3, 0.4) is 0 Å². The summed E-state index contributed by atoms with van der Waals surface area (Å²) in [5.41, 5.74) is 0. The molecule has 0 radical (unpaired) electrons. The van der Waals surface area contributed by atoms with Gasteiger partial charge in [-0.3, -0.25) is 4.55 Å². The van der Waals surface area contributed by atoms with Crippen LogP contribution in [0.15, 0.2) is 24.3 Å². The Balaban J connectivity index is 2.24. The maximum Gasteiger partial charge on any atom is 0.264 e. The average Bonchev–Trinajstić information content (AvgIpc) is 2.18. The summed E-state index contributed by atoms with van der Waals surface area (Å²) in [6, 6.07) is 7.06. The van der Waals surface area contributed by atoms with E-state index in [1.54, 1.807) is 24.3 Å². The fourth-order valence-electron chi connectivity index (χ4n) is 1.13. The van der Waals surface area contributed by atoms with E-state index in [0.29, 0.717) is 30.2 Å². The number of ether oxygens (including phenoxy) is 1. The van der Waals surface area contributed by atoms with Crippen molar-refractivity contribution in [1.82, 2.24) is 0 Å². The smallest absolute Gasteiger partial charge is 0.264 e. The summed E-state index contributed by atoms with van der Waals surface area (Å²) in [5, 5.41) is 0.525. The minimum absolute atomic E-state index is 0.237. The van der Waals surface area contributed by atoms with Gasteiger partial charge in [0, 0.05) is 0 Å². The number of halogens is 1. The molecule has 90 valence electrons. The van der Waals surface area contributed by atoms with E-state index >= 15 is 0 Å². The number of benzene rings is 1. The molecule has 1 rings (SSSR count). The largest absolute Gasteiger partial charge is 0.492 e. The molecule has 0 amide bonds. The highest BCUT2D eigenvalue weighted by atomic mass is 35.5. The van der Waals surface area contributed by atoms with Crippen LogP contribution in [-0.4, -0.2) is 25.3 Å². The number of unbranched alkanes of at least 4 members (excludes halogenated alkanes) is 1. The van der Waals surface area contributed by atoms with Crippen molar-refractivity contribution in [2.24, 2.45) is 0 Å². The van der Waals surface area contributed by atoms with Crippen LogP contribution in [0.1, 0.15) is 12.8 Å². The second kappa shape index (κ2) is 6.08. The monoisotopic (exact) mass is 264 g/mol. The van der Waals surface area contributed by atoms with Gasteiger partial charge in [0.2, 0.25) is 0 Å². The van der Waals surface area contributed by atoms with Crippen LogP contribution in [0.2, 0.25) is 5.02 Å². The summed E-state index contributed by atoms with van der Waals surface area (Å²) in [5.74, 6) is 0.342. The number of hydrogen-bond donors (Lipinski definition) is 1. The SMILES string of the molecule is O=S(=O)(O)CCCCOc1ccccc1Cl. The zero-order chi connectivity index (χ0) is 12.0. The fourth-order valence-corrected chi connectivity index (χ4v) is 1.89. The molecule has 1 N–H and O–H groups in total. The lowest BCUT2D eigenvalue weighted by Crippen LogP contribution is -2.06. The highest BCUT2D eigenvalue weighted by Crippen LogP contribution is 2.23. The van der Waals surface area contributed by atoms with Gasteiger partial charge < -0.3 is 4.74 Å². The van der Waals surface area contributed by atoms with Crippen LogP contribution in [0, 0.1) is 0 Å². The van der Waals surface area contributed by atoms with Gasteiger partial charge in [-0.25, -0.2) is 0 Å². The molecule has 0 unspecified atom stereocenters. The third kappa shape index (κ3) is 5.34. The Hall–Kier alpha value is -0.780. The van der Waals surface area contributed by atoms with Gasteiger partial charge in [0.1, 0.15) is 5.75 Å². The van der Waals surface area contributed by atoms with Gasteiger partial charge in [0.25, 0.3) is 10.1 Å². The molecule has 0 aliphatic heterocycles. The van der Waals surface area contributed by atoms with Crippen molar-refractivity contribution in [3.05, 3.63) is 29.3 Å². The molecule has 4 nitrogen and oxygen atoms in total. The van der Waals surface area contributed by atoms with Crippen LogP contribution < -0.4 is 4.74 Å². The van der Waals surface area contributed by atoms with E-state index in [4.69, 9.17) is 20.9 Å². The van der Waals surface area contributed by atoms with E-state index in [1.165, 1.54) is 0 Å². The van der Waals surface area contributed by atoms with Crippen LogP contribution in [0.25, 0.3) is 0 Å². The van der Waals surface area contributed by atoms with Gasteiger partial charge in [-0.05, 0) is 25.0 Å². The van der Waals surface area contributed by atoms with Gasteiger partial charge >= 0.3 is 0 Å². The van der Waals surface area contributed by atoms with Crippen LogP contribution in [0.5, 0.6) is 5.75 Å². The zero-order valence-corrected chi connectivity index (χ0v) is 10.2. The van der Waals surface area contributed by atoms with Gasteiger partial charge in [-0.1, -0.05) is 23.7 Å². The van der Waals surface area contributed by atoms with Gasteiger partial charge in [-0.15, -0.1) is 0 Å². The van der Waals surface area contributed by atoms with E-state index in [2.05, 4.69) is 0 Å². The second-order valence-electron chi connectivity index (χ2n) is 3.27. The molecule has 1 aromatic carbocycles. The van der Waals surface area contributed by atoms with Crippen LogP contribution in [-0.2, 0) is 10.1 Å². The predicted molar refractivity (Wildman–Crippen MR) is 62.6 cm³/mol. The lowest BCUT2D eigenvalue weighted by Gasteiger charge is -2.06. The van der Waals surface area contributed by atoms with Crippen molar-refractivity contribution in [3.63, 3.8) is 0 Å². The van der Waals surface area contributed by atoms with Crippen molar-refractivity contribution in [2.75, 3.05) is 12.4 Å². The summed E-state index contributed by atoms with van der Waals surface area (Å²) < 4.78 is 34.7. The first-order chi connectivity index (χ1) is 7.49. The van der Waals surface area contributed by atoms with Crippen LogP contribution >= 0.6 is 11.6 Å². The third-order valence-electron chi connectivity index (χ3n) is 1.89. The molecular weight excluding hydrogens is 252 g/mol. The summed E-state index contributed by atoms with van der Waals surface area (Å²) in [7, 11) is -3.86. The Bertz CT molecular complexity index is 430. The molecule has 0 bridgehead atoms. The molecule has 0 atom stereocenters. The maximum atomic E-state index is 10.4. The highest BCUT2D eigenvalue weighted by Gasteiger charge is 2.04. The quantitative estimate of drug-likeness (QED) is 0.633. The van der Waals surface area contributed by atoms with E-state index < -0.39 is 10.1 Å². The van der Waals surface area contributed by atoms with Crippen LogP contribution in [0.4, 0.5) is 0 Å². The van der Waals surface area contributed by atoms with E-state index in [0.717, 1.165) is 0 Å². The van der Waals surface area contributed by atoms with Crippen molar-refractivity contribution in [1.29, 1.82) is 0 Å². The fraction of sp³-hybridized carbons (Fsp3) is 0.400. The van der Waals surface area contributed by atoms with Crippen molar-refractivity contribution in [3.8, 4) is 5.75 Å². The summed E-state index contributed by atoms with van der Waals surface area (Å²) >= 11 is 5.85. The minimum atomic E-state index is -3.86. The predicted octanol–water partition coefficient (Wildman–Crippen LogP) is 2.39. The molecule has 16 heavy (non-hydrogen) atoms. The molecule has 0 aliphatic carbocycles. The van der Waals surface area contributed by atoms with E-state index in [-0.39, 0.29) is 5.75 Å². The molecule has 0 aliphatic rings. The maximum absolute atomic E-state index is 10.4. The highest BCUT2D eigenvalue weighted by molar-refractivity contribution is 7.85. The van der Waals surface area contributed by atoms with Crippen molar-refractivity contribution in [2.45, 2.75) is 12.8 Å². The Labute approximate surface area is 99.9 Å². The Morgan fingerprint density at radius 2 is 1.94 bits per heavy atom. The normalized spacial score (nSPS) is 11.4. The zero-order valence-electron chi connectivity index (χ0n) is 8.60. The topological polar surface area (TPSA) is 63.6 Å². The average molecular weight is 265 g/mol. The van der Waals surface area contributed by atoms with Gasteiger partial charge in [-0.2, -0.15) is 8.42 Å². The summed E-state index contributed by atoms with van der Waals surface area (Å²) in [4.78, 5) is 0. The Morgan fingerprint density at radius 3 is 2.56 bits per heavy atom. The first-order valence-electron chi connectivity index (χ1n) is 4.81. The molecular formula is C10H13ClO4S. The summed E-state index contributed by atoms with van der Waals surface area (Å²) in [6.07, 6.45) is 0.911. The number of hydrogen-bond acceptors (Lipinski definition) is 3. The molecule has 0 fully saturated rings. The Morgan fingerprint density at radius 1 is 1.25 bits per heavy atom. The first kappa shape index (κ1) is 13.3. The van der Waals surface area contributed by atoms with E-state index in [9.17, 15) is 8.42 Å². The van der Waals surface area contributed by atoms with Gasteiger partial charge in [0.05, 0.1) is 17.4 Å². The molecule has 0 aromatic heterocycles. The molecule has 1 aromatic rings. The lowest BCUT2D eigenvalue weighted by molar-refractivity contribution is 0.309. The number of rotatable bonds is 6.